The minimum Gasteiger partial charge on any atom is -0.337 e. The molecular weight excluding hydrogens is 270 g/mol. The van der Waals surface area contributed by atoms with Crippen LogP contribution >= 0.6 is 0 Å². The maximum atomic E-state index is 14.4. The topological polar surface area (TPSA) is 15.3 Å². The van der Waals surface area contributed by atoms with Gasteiger partial charge in [0.2, 0.25) is 0 Å². The zero-order valence-electron chi connectivity index (χ0n) is 12.4. The van der Waals surface area contributed by atoms with Crippen LogP contribution in [0.25, 0.3) is 0 Å². The Hall–Kier alpha value is -1.94. The first-order valence-electron chi connectivity index (χ1n) is 7.18. The summed E-state index contributed by atoms with van der Waals surface area (Å²) in [6, 6.07) is 12.1. The monoisotopic (exact) mass is 290 g/mol. The highest BCUT2D eigenvalue weighted by atomic mass is 19.1. The van der Waals surface area contributed by atoms with Crippen LogP contribution in [-0.4, -0.2) is 13.1 Å². The Labute approximate surface area is 124 Å². The summed E-state index contributed by atoms with van der Waals surface area (Å²) in [7, 11) is 0. The van der Waals surface area contributed by atoms with Crippen molar-refractivity contribution in [3.05, 3.63) is 59.7 Å². The average molecular weight is 290 g/mol. The van der Waals surface area contributed by atoms with E-state index in [0.29, 0.717) is 18.7 Å². The molecule has 0 spiro atoms. The summed E-state index contributed by atoms with van der Waals surface area (Å²) in [5.74, 6) is -1.07. The van der Waals surface area contributed by atoms with Gasteiger partial charge in [-0.3, -0.25) is 0 Å². The number of para-hydroxylation sites is 1. The standard InChI is InChI=1S/C17H20F2N2/c1-3-20-12-13-10-15(18)17(16(19)11-13)21(4-2)14-8-6-5-7-9-14/h5-11,20H,3-4,12H2,1-2H3. The van der Waals surface area contributed by atoms with E-state index in [2.05, 4.69) is 5.32 Å². The summed E-state index contributed by atoms with van der Waals surface area (Å²) in [6.07, 6.45) is 0. The first kappa shape index (κ1) is 15.4. The van der Waals surface area contributed by atoms with Gasteiger partial charge in [0, 0.05) is 18.8 Å². The molecule has 0 bridgehead atoms. The molecule has 2 nitrogen and oxygen atoms in total. The molecular formula is C17H20F2N2. The van der Waals surface area contributed by atoms with E-state index in [0.717, 1.165) is 12.2 Å². The molecule has 2 rings (SSSR count). The Morgan fingerprint density at radius 1 is 1.00 bits per heavy atom. The molecule has 0 fully saturated rings. The second-order valence-corrected chi connectivity index (χ2v) is 4.77. The first-order valence-corrected chi connectivity index (χ1v) is 7.18. The van der Waals surface area contributed by atoms with E-state index in [4.69, 9.17) is 0 Å². The Bertz CT molecular complexity index is 562. The van der Waals surface area contributed by atoms with Gasteiger partial charge in [-0.05, 0) is 43.3 Å². The third kappa shape index (κ3) is 3.58. The molecule has 0 saturated carbocycles. The molecule has 0 aliphatic carbocycles. The van der Waals surface area contributed by atoms with Crippen LogP contribution < -0.4 is 10.2 Å². The fraction of sp³-hybridized carbons (Fsp3) is 0.294. The van der Waals surface area contributed by atoms with Gasteiger partial charge >= 0.3 is 0 Å². The van der Waals surface area contributed by atoms with Gasteiger partial charge in [-0.1, -0.05) is 25.1 Å². The van der Waals surface area contributed by atoms with Gasteiger partial charge in [0.25, 0.3) is 0 Å². The van der Waals surface area contributed by atoms with Crippen molar-refractivity contribution in [1.82, 2.24) is 5.32 Å². The summed E-state index contributed by atoms with van der Waals surface area (Å²) in [5.41, 5.74) is 1.39. The van der Waals surface area contributed by atoms with Crippen LogP contribution in [0.3, 0.4) is 0 Å². The number of nitrogens with one attached hydrogen (secondary N) is 1. The molecule has 0 amide bonds. The van der Waals surface area contributed by atoms with Crippen LogP contribution in [-0.2, 0) is 6.54 Å². The molecule has 112 valence electrons. The van der Waals surface area contributed by atoms with E-state index < -0.39 is 11.6 Å². The summed E-state index contributed by atoms with van der Waals surface area (Å²) in [6.45, 7) is 5.54. The molecule has 0 atom stereocenters. The molecule has 21 heavy (non-hydrogen) atoms. The third-order valence-electron chi connectivity index (χ3n) is 3.31. The first-order chi connectivity index (χ1) is 10.2. The predicted octanol–water partition coefficient (Wildman–Crippen LogP) is 4.23. The smallest absolute Gasteiger partial charge is 0.150 e. The maximum Gasteiger partial charge on any atom is 0.150 e. The van der Waals surface area contributed by atoms with Gasteiger partial charge in [-0.25, -0.2) is 8.78 Å². The molecule has 0 radical (unpaired) electrons. The molecule has 0 aromatic heterocycles. The maximum absolute atomic E-state index is 14.4. The number of halogens is 2. The lowest BCUT2D eigenvalue weighted by Crippen LogP contribution is -2.20. The molecule has 2 aromatic rings. The van der Waals surface area contributed by atoms with Gasteiger partial charge in [0.1, 0.15) is 17.3 Å². The highest BCUT2D eigenvalue weighted by Crippen LogP contribution is 2.31. The SMILES string of the molecule is CCNCc1cc(F)c(N(CC)c2ccccc2)c(F)c1. The van der Waals surface area contributed by atoms with Crippen LogP contribution in [0, 0.1) is 11.6 Å². The third-order valence-corrected chi connectivity index (χ3v) is 3.31. The lowest BCUT2D eigenvalue weighted by atomic mass is 10.1. The Kier molecular flexibility index (Phi) is 5.28. The van der Waals surface area contributed by atoms with E-state index in [-0.39, 0.29) is 5.69 Å². The number of hydrogen-bond acceptors (Lipinski definition) is 2. The quantitative estimate of drug-likeness (QED) is 0.856. The van der Waals surface area contributed by atoms with Crippen molar-refractivity contribution in [3.63, 3.8) is 0 Å². The van der Waals surface area contributed by atoms with E-state index >= 15 is 0 Å². The minimum absolute atomic E-state index is 0.00366. The summed E-state index contributed by atoms with van der Waals surface area (Å²) >= 11 is 0. The minimum atomic E-state index is -0.534. The Balaban J connectivity index is 2.38. The Morgan fingerprint density at radius 2 is 1.62 bits per heavy atom. The summed E-state index contributed by atoms with van der Waals surface area (Å²) in [4.78, 5) is 1.64. The number of hydrogen-bond donors (Lipinski definition) is 1. The van der Waals surface area contributed by atoms with Gasteiger partial charge in [-0.2, -0.15) is 0 Å². The molecule has 0 aliphatic heterocycles. The van der Waals surface area contributed by atoms with E-state index in [1.54, 1.807) is 4.90 Å². The van der Waals surface area contributed by atoms with Crippen molar-refractivity contribution in [1.29, 1.82) is 0 Å². The second kappa shape index (κ2) is 7.18. The van der Waals surface area contributed by atoms with Crippen molar-refractivity contribution in [2.45, 2.75) is 20.4 Å². The highest BCUT2D eigenvalue weighted by molar-refractivity contribution is 5.64. The number of anilines is 2. The largest absolute Gasteiger partial charge is 0.337 e. The van der Waals surface area contributed by atoms with Crippen molar-refractivity contribution in [2.75, 3.05) is 18.0 Å². The molecule has 2 aromatic carbocycles. The summed E-state index contributed by atoms with van der Waals surface area (Å²) < 4.78 is 28.7. The molecule has 0 heterocycles. The van der Waals surface area contributed by atoms with E-state index in [1.165, 1.54) is 12.1 Å². The molecule has 0 unspecified atom stereocenters. The molecule has 0 saturated heterocycles. The van der Waals surface area contributed by atoms with Gasteiger partial charge < -0.3 is 10.2 Å². The Morgan fingerprint density at radius 3 is 2.14 bits per heavy atom. The predicted molar refractivity (Wildman–Crippen MR) is 82.9 cm³/mol. The van der Waals surface area contributed by atoms with Crippen LogP contribution in [0.2, 0.25) is 0 Å². The van der Waals surface area contributed by atoms with Crippen LogP contribution in [0.4, 0.5) is 20.2 Å². The zero-order chi connectivity index (χ0) is 15.2. The molecule has 4 heteroatoms. The van der Waals surface area contributed by atoms with E-state index in [9.17, 15) is 8.78 Å². The second-order valence-electron chi connectivity index (χ2n) is 4.77. The van der Waals surface area contributed by atoms with Crippen molar-refractivity contribution in [3.8, 4) is 0 Å². The highest BCUT2D eigenvalue weighted by Gasteiger charge is 2.18. The van der Waals surface area contributed by atoms with Crippen molar-refractivity contribution >= 4 is 11.4 Å². The van der Waals surface area contributed by atoms with Crippen molar-refractivity contribution < 1.29 is 8.78 Å². The van der Waals surface area contributed by atoms with Gasteiger partial charge in [0.15, 0.2) is 0 Å². The fourth-order valence-corrected chi connectivity index (χ4v) is 2.32. The number of benzene rings is 2. The average Bonchev–Trinajstić information content (AvgIpc) is 2.49. The summed E-state index contributed by atoms with van der Waals surface area (Å²) in [5, 5.41) is 3.07. The zero-order valence-corrected chi connectivity index (χ0v) is 12.4. The number of nitrogens with zero attached hydrogens (tertiary/aromatic N) is 1. The van der Waals surface area contributed by atoms with Crippen LogP contribution in [0.15, 0.2) is 42.5 Å². The molecule has 1 N–H and O–H groups in total. The van der Waals surface area contributed by atoms with E-state index in [1.807, 2.05) is 44.2 Å². The van der Waals surface area contributed by atoms with Gasteiger partial charge in [0.05, 0.1) is 0 Å². The molecule has 0 aliphatic rings. The van der Waals surface area contributed by atoms with Gasteiger partial charge in [-0.15, -0.1) is 0 Å². The lowest BCUT2D eigenvalue weighted by molar-refractivity contribution is 0.574. The van der Waals surface area contributed by atoms with Crippen LogP contribution in [0.1, 0.15) is 19.4 Å². The van der Waals surface area contributed by atoms with Crippen LogP contribution in [0.5, 0.6) is 0 Å². The fourth-order valence-electron chi connectivity index (χ4n) is 2.32. The number of rotatable bonds is 6. The lowest BCUT2D eigenvalue weighted by Gasteiger charge is -2.24. The van der Waals surface area contributed by atoms with Crippen molar-refractivity contribution in [2.24, 2.45) is 0 Å². The normalized spacial score (nSPS) is 10.7.